The molecule has 0 amide bonds. The first-order chi connectivity index (χ1) is 7.15. The topological polar surface area (TPSA) is 62.7 Å². The molecular formula is C10H5BrClN3. The fourth-order valence-corrected chi connectivity index (χ4v) is 2.08. The lowest BCUT2D eigenvalue weighted by atomic mass is 10.1. The second-order valence-corrected chi connectivity index (χ2v) is 4.17. The summed E-state index contributed by atoms with van der Waals surface area (Å²) in [5, 5.41) is 9.93. The zero-order chi connectivity index (χ0) is 11.0. The fourth-order valence-electron chi connectivity index (χ4n) is 1.34. The predicted octanol–water partition coefficient (Wildman–Crippen LogP) is 3.10. The predicted molar refractivity (Wildman–Crippen MR) is 63.6 cm³/mol. The Balaban J connectivity index is 2.99. The van der Waals surface area contributed by atoms with Crippen LogP contribution in [0.15, 0.2) is 22.7 Å². The van der Waals surface area contributed by atoms with Gasteiger partial charge in [0.2, 0.25) is 0 Å². The minimum atomic E-state index is 0.155. The van der Waals surface area contributed by atoms with Crippen molar-refractivity contribution in [3.8, 4) is 6.07 Å². The molecule has 1 aromatic heterocycles. The van der Waals surface area contributed by atoms with E-state index in [1.165, 1.54) is 0 Å². The number of para-hydroxylation sites is 1. The molecule has 2 aromatic rings. The van der Waals surface area contributed by atoms with Gasteiger partial charge in [0.15, 0.2) is 0 Å². The van der Waals surface area contributed by atoms with Crippen LogP contribution in [0, 0.1) is 11.3 Å². The van der Waals surface area contributed by atoms with Gasteiger partial charge in [-0.05, 0) is 22.0 Å². The highest BCUT2D eigenvalue weighted by atomic mass is 79.9. The number of nitrogen functional groups attached to an aromatic ring is 1. The molecule has 0 saturated heterocycles. The highest BCUT2D eigenvalue weighted by Gasteiger charge is 2.12. The van der Waals surface area contributed by atoms with Gasteiger partial charge >= 0.3 is 0 Å². The number of halogens is 2. The van der Waals surface area contributed by atoms with Crippen LogP contribution in [-0.2, 0) is 0 Å². The van der Waals surface area contributed by atoms with Crippen LogP contribution in [0.3, 0.4) is 0 Å². The first-order valence-electron chi connectivity index (χ1n) is 4.08. The molecule has 0 saturated carbocycles. The van der Waals surface area contributed by atoms with E-state index in [-0.39, 0.29) is 11.4 Å². The van der Waals surface area contributed by atoms with Crippen LogP contribution < -0.4 is 5.73 Å². The molecule has 15 heavy (non-hydrogen) atoms. The Labute approximate surface area is 99.6 Å². The van der Waals surface area contributed by atoms with Crippen LogP contribution in [0.25, 0.3) is 10.9 Å². The molecule has 2 N–H and O–H groups in total. The molecule has 0 aliphatic carbocycles. The number of hydrogen-bond acceptors (Lipinski definition) is 3. The van der Waals surface area contributed by atoms with Crippen molar-refractivity contribution in [2.75, 3.05) is 5.73 Å². The monoisotopic (exact) mass is 281 g/mol. The van der Waals surface area contributed by atoms with E-state index >= 15 is 0 Å². The number of nitrogens with two attached hydrogens (primary N) is 1. The van der Waals surface area contributed by atoms with Gasteiger partial charge in [-0.2, -0.15) is 5.26 Å². The largest absolute Gasteiger partial charge is 0.383 e. The number of rotatable bonds is 0. The molecule has 1 aromatic carbocycles. The van der Waals surface area contributed by atoms with Gasteiger partial charge < -0.3 is 5.73 Å². The quantitative estimate of drug-likeness (QED) is 0.807. The Morgan fingerprint density at radius 1 is 1.47 bits per heavy atom. The van der Waals surface area contributed by atoms with E-state index in [2.05, 4.69) is 20.9 Å². The maximum absolute atomic E-state index is 8.86. The zero-order valence-electron chi connectivity index (χ0n) is 7.46. The summed E-state index contributed by atoms with van der Waals surface area (Å²) in [6, 6.07) is 7.42. The van der Waals surface area contributed by atoms with Crippen LogP contribution in [0.1, 0.15) is 5.56 Å². The molecule has 0 spiro atoms. The molecule has 0 aliphatic rings. The minimum absolute atomic E-state index is 0.155. The summed E-state index contributed by atoms with van der Waals surface area (Å²) in [6.45, 7) is 0. The Morgan fingerprint density at radius 2 is 2.20 bits per heavy atom. The lowest BCUT2D eigenvalue weighted by Crippen LogP contribution is -1.97. The van der Waals surface area contributed by atoms with Crippen LogP contribution in [0.2, 0.25) is 5.02 Å². The average molecular weight is 283 g/mol. The van der Waals surface area contributed by atoms with Crippen molar-refractivity contribution >= 4 is 44.3 Å². The SMILES string of the molecule is N#Cc1c(N)nc2c(Br)cccc2c1Cl. The molecule has 0 aliphatic heterocycles. The lowest BCUT2D eigenvalue weighted by Gasteiger charge is -2.05. The fraction of sp³-hybridized carbons (Fsp3) is 0. The number of benzene rings is 1. The van der Waals surface area contributed by atoms with Crippen LogP contribution >= 0.6 is 27.5 Å². The first-order valence-corrected chi connectivity index (χ1v) is 5.25. The summed E-state index contributed by atoms with van der Waals surface area (Å²) in [4.78, 5) is 4.13. The Hall–Kier alpha value is -1.31. The molecule has 2 rings (SSSR count). The van der Waals surface area contributed by atoms with Gasteiger partial charge in [0, 0.05) is 9.86 Å². The Morgan fingerprint density at radius 3 is 2.87 bits per heavy atom. The van der Waals surface area contributed by atoms with Crippen molar-refractivity contribution in [1.29, 1.82) is 5.26 Å². The molecule has 0 unspecified atom stereocenters. The summed E-state index contributed by atoms with van der Waals surface area (Å²) in [7, 11) is 0. The maximum Gasteiger partial charge on any atom is 0.143 e. The Kier molecular flexibility index (Phi) is 2.51. The van der Waals surface area contributed by atoms with Crippen molar-refractivity contribution in [3.05, 3.63) is 33.3 Å². The molecule has 0 radical (unpaired) electrons. The summed E-state index contributed by atoms with van der Waals surface area (Å²) in [5.41, 5.74) is 6.52. The molecular weight excluding hydrogens is 277 g/mol. The van der Waals surface area contributed by atoms with Crippen molar-refractivity contribution in [3.63, 3.8) is 0 Å². The number of hydrogen-bond donors (Lipinski definition) is 1. The molecule has 1 heterocycles. The molecule has 0 atom stereocenters. The highest BCUT2D eigenvalue weighted by Crippen LogP contribution is 2.32. The van der Waals surface area contributed by atoms with E-state index in [0.717, 1.165) is 9.86 Å². The molecule has 74 valence electrons. The highest BCUT2D eigenvalue weighted by molar-refractivity contribution is 9.10. The zero-order valence-corrected chi connectivity index (χ0v) is 9.80. The van der Waals surface area contributed by atoms with E-state index in [1.54, 1.807) is 6.07 Å². The van der Waals surface area contributed by atoms with E-state index in [9.17, 15) is 0 Å². The summed E-state index contributed by atoms with van der Waals surface area (Å²) in [5.74, 6) is 0.155. The van der Waals surface area contributed by atoms with Gasteiger partial charge in [-0.25, -0.2) is 4.98 Å². The standard InChI is InChI=1S/C10H5BrClN3/c11-7-3-1-2-5-8(12)6(4-13)10(14)15-9(5)7/h1-3H,(H2,14,15). The third-order valence-electron chi connectivity index (χ3n) is 2.04. The van der Waals surface area contributed by atoms with Crippen LogP contribution in [0.4, 0.5) is 5.82 Å². The maximum atomic E-state index is 8.86. The number of pyridine rings is 1. The van der Waals surface area contributed by atoms with E-state index in [1.807, 2.05) is 18.2 Å². The van der Waals surface area contributed by atoms with Crippen LogP contribution in [-0.4, -0.2) is 4.98 Å². The molecule has 0 bridgehead atoms. The van der Waals surface area contributed by atoms with E-state index in [0.29, 0.717) is 10.5 Å². The van der Waals surface area contributed by atoms with Gasteiger partial charge in [-0.15, -0.1) is 0 Å². The smallest absolute Gasteiger partial charge is 0.143 e. The number of aromatic nitrogens is 1. The van der Waals surface area contributed by atoms with Crippen molar-refractivity contribution < 1.29 is 0 Å². The minimum Gasteiger partial charge on any atom is -0.383 e. The summed E-state index contributed by atoms with van der Waals surface area (Å²) < 4.78 is 0.804. The second kappa shape index (κ2) is 3.69. The number of fused-ring (bicyclic) bond motifs is 1. The Bertz CT molecular complexity index is 589. The van der Waals surface area contributed by atoms with Gasteiger partial charge in [-0.1, -0.05) is 23.7 Å². The molecule has 0 fully saturated rings. The van der Waals surface area contributed by atoms with Gasteiger partial charge in [-0.3, -0.25) is 0 Å². The third-order valence-corrected chi connectivity index (χ3v) is 3.08. The van der Waals surface area contributed by atoms with Crippen molar-refractivity contribution in [2.45, 2.75) is 0 Å². The summed E-state index contributed by atoms with van der Waals surface area (Å²) >= 11 is 9.41. The third kappa shape index (κ3) is 1.54. The number of anilines is 1. The van der Waals surface area contributed by atoms with Crippen molar-refractivity contribution in [2.24, 2.45) is 0 Å². The molecule has 3 nitrogen and oxygen atoms in total. The van der Waals surface area contributed by atoms with E-state index < -0.39 is 0 Å². The lowest BCUT2D eigenvalue weighted by molar-refractivity contribution is 1.37. The van der Waals surface area contributed by atoms with Gasteiger partial charge in [0.1, 0.15) is 17.5 Å². The first kappa shape index (κ1) is 10.2. The number of nitriles is 1. The van der Waals surface area contributed by atoms with Gasteiger partial charge in [0.05, 0.1) is 10.5 Å². The number of nitrogens with zero attached hydrogens (tertiary/aromatic N) is 2. The van der Waals surface area contributed by atoms with Crippen molar-refractivity contribution in [1.82, 2.24) is 4.98 Å². The van der Waals surface area contributed by atoms with Crippen LogP contribution in [0.5, 0.6) is 0 Å². The average Bonchev–Trinajstić information content (AvgIpc) is 2.20. The molecule has 5 heteroatoms. The summed E-state index contributed by atoms with van der Waals surface area (Å²) in [6.07, 6.45) is 0. The van der Waals surface area contributed by atoms with Gasteiger partial charge in [0.25, 0.3) is 0 Å². The normalized spacial score (nSPS) is 10.2. The second-order valence-electron chi connectivity index (χ2n) is 2.93. The van der Waals surface area contributed by atoms with E-state index in [4.69, 9.17) is 22.6 Å².